The van der Waals surface area contributed by atoms with Crippen LogP contribution >= 0.6 is 11.3 Å². The number of rotatable bonds is 3. The third kappa shape index (κ3) is 2.14. The van der Waals surface area contributed by atoms with Crippen LogP contribution in [0.2, 0.25) is 0 Å². The van der Waals surface area contributed by atoms with Gasteiger partial charge in [0.25, 0.3) is 0 Å². The summed E-state index contributed by atoms with van der Waals surface area (Å²) in [5, 5.41) is 6.67. The van der Waals surface area contributed by atoms with Crippen LogP contribution in [0.3, 0.4) is 0 Å². The number of para-hydroxylation sites is 1. The molecule has 2 aromatic carbocycles. The zero-order valence-corrected chi connectivity index (χ0v) is 12.3. The summed E-state index contributed by atoms with van der Waals surface area (Å²) in [6.07, 6.45) is 0.519. The van der Waals surface area contributed by atoms with E-state index in [0.717, 1.165) is 23.4 Å². The van der Waals surface area contributed by atoms with E-state index in [1.165, 1.54) is 10.1 Å². The molecule has 0 spiro atoms. The Kier molecular flexibility index (Phi) is 3.00. The number of thiophene rings is 1. The van der Waals surface area contributed by atoms with Crippen LogP contribution in [0.5, 0.6) is 0 Å². The van der Waals surface area contributed by atoms with Crippen LogP contribution < -0.4 is 5.32 Å². The van der Waals surface area contributed by atoms with Gasteiger partial charge in [0, 0.05) is 23.4 Å². The maximum atomic E-state index is 12.7. The first-order valence-corrected chi connectivity index (χ1v) is 8.01. The quantitative estimate of drug-likeness (QED) is 0.783. The Hall–Kier alpha value is -2.13. The number of carbonyl (C=O) groups excluding carboxylic acids is 1. The van der Waals surface area contributed by atoms with Crippen molar-refractivity contribution in [1.82, 2.24) is 0 Å². The molecule has 1 N–H and O–H groups in total. The van der Waals surface area contributed by atoms with Gasteiger partial charge >= 0.3 is 0 Å². The molecule has 1 aliphatic rings. The smallest absolute Gasteiger partial charge is 0.146 e. The van der Waals surface area contributed by atoms with E-state index in [1.807, 2.05) is 30.3 Å². The highest BCUT2D eigenvalue weighted by atomic mass is 32.1. The Morgan fingerprint density at radius 3 is 2.90 bits per heavy atom. The molecule has 104 valence electrons. The van der Waals surface area contributed by atoms with Gasteiger partial charge in [-0.15, -0.1) is 11.3 Å². The lowest BCUT2D eigenvalue weighted by molar-refractivity contribution is -0.119. The van der Waals surface area contributed by atoms with Crippen molar-refractivity contribution in [3.63, 3.8) is 0 Å². The highest BCUT2D eigenvalue weighted by Crippen LogP contribution is 2.33. The van der Waals surface area contributed by atoms with Crippen molar-refractivity contribution in [1.29, 1.82) is 0 Å². The van der Waals surface area contributed by atoms with Gasteiger partial charge in [-0.05, 0) is 34.0 Å². The van der Waals surface area contributed by atoms with E-state index in [9.17, 15) is 4.79 Å². The predicted octanol–water partition coefficient (Wildman–Crippen LogP) is 4.22. The topological polar surface area (TPSA) is 29.1 Å². The molecule has 1 aromatic heterocycles. The Morgan fingerprint density at radius 1 is 1.14 bits per heavy atom. The number of nitrogens with one attached hydrogen (secondary N) is 1. The Morgan fingerprint density at radius 2 is 1.95 bits per heavy atom. The average molecular weight is 293 g/mol. The first-order valence-electron chi connectivity index (χ1n) is 7.13. The number of benzene rings is 2. The Labute approximate surface area is 127 Å². The highest BCUT2D eigenvalue weighted by Gasteiger charge is 2.28. The maximum Gasteiger partial charge on any atom is 0.146 e. The molecule has 1 aliphatic heterocycles. The van der Waals surface area contributed by atoms with Gasteiger partial charge in [-0.3, -0.25) is 4.79 Å². The molecule has 0 saturated carbocycles. The fourth-order valence-corrected chi connectivity index (χ4v) is 4.01. The molecule has 3 heteroatoms. The van der Waals surface area contributed by atoms with Crippen LogP contribution in [0.25, 0.3) is 10.1 Å². The lowest BCUT2D eigenvalue weighted by Gasteiger charge is -2.08. The summed E-state index contributed by atoms with van der Waals surface area (Å²) >= 11 is 1.72. The molecule has 0 saturated heterocycles. The van der Waals surface area contributed by atoms with Crippen molar-refractivity contribution in [2.45, 2.75) is 12.3 Å². The van der Waals surface area contributed by atoms with E-state index in [2.05, 4.69) is 28.9 Å². The molecular weight excluding hydrogens is 278 g/mol. The maximum absolute atomic E-state index is 12.7. The molecule has 3 aromatic rings. The molecule has 0 bridgehead atoms. The number of Topliss-reactive ketones (excluding diaryl/α,β-unsaturated/α-hetero) is 1. The predicted molar refractivity (Wildman–Crippen MR) is 88.2 cm³/mol. The number of hydrogen-bond acceptors (Lipinski definition) is 3. The average Bonchev–Trinajstić information content (AvgIpc) is 3.12. The van der Waals surface area contributed by atoms with Crippen LogP contribution in [0.4, 0.5) is 5.69 Å². The van der Waals surface area contributed by atoms with Gasteiger partial charge in [0.15, 0.2) is 0 Å². The van der Waals surface area contributed by atoms with Gasteiger partial charge in [0.1, 0.15) is 5.78 Å². The lowest BCUT2D eigenvalue weighted by Crippen LogP contribution is -2.16. The van der Waals surface area contributed by atoms with Gasteiger partial charge in [-0.1, -0.05) is 36.4 Å². The van der Waals surface area contributed by atoms with Gasteiger partial charge in [-0.25, -0.2) is 0 Å². The summed E-state index contributed by atoms with van der Waals surface area (Å²) in [7, 11) is 0. The zero-order chi connectivity index (χ0) is 14.2. The van der Waals surface area contributed by atoms with E-state index in [1.54, 1.807) is 11.3 Å². The van der Waals surface area contributed by atoms with Crippen molar-refractivity contribution in [2.24, 2.45) is 0 Å². The Balaban J connectivity index is 1.62. The monoisotopic (exact) mass is 293 g/mol. The van der Waals surface area contributed by atoms with Crippen LogP contribution in [0, 0.1) is 0 Å². The summed E-state index contributed by atoms with van der Waals surface area (Å²) in [5.74, 6) is 0.288. The van der Waals surface area contributed by atoms with Gasteiger partial charge in [0.05, 0.1) is 5.92 Å². The second-order valence-electron chi connectivity index (χ2n) is 5.42. The summed E-state index contributed by atoms with van der Waals surface area (Å²) in [5.41, 5.74) is 3.40. The number of carbonyl (C=O) groups is 1. The minimum atomic E-state index is -0.0140. The summed E-state index contributed by atoms with van der Waals surface area (Å²) < 4.78 is 1.25. The van der Waals surface area contributed by atoms with Crippen molar-refractivity contribution in [3.8, 4) is 0 Å². The second-order valence-corrected chi connectivity index (χ2v) is 6.33. The number of anilines is 1. The second kappa shape index (κ2) is 5.01. The first kappa shape index (κ1) is 12.6. The molecule has 1 unspecified atom stereocenters. The third-order valence-corrected chi connectivity index (χ3v) is 5.16. The number of ketones is 1. The van der Waals surface area contributed by atoms with E-state index < -0.39 is 0 Å². The van der Waals surface area contributed by atoms with Crippen LogP contribution in [0.1, 0.15) is 17.0 Å². The summed E-state index contributed by atoms with van der Waals surface area (Å²) in [4.78, 5) is 12.7. The largest absolute Gasteiger partial charge is 0.384 e. The lowest BCUT2D eigenvalue weighted by atomic mass is 9.93. The van der Waals surface area contributed by atoms with Crippen molar-refractivity contribution >= 4 is 32.9 Å². The van der Waals surface area contributed by atoms with E-state index >= 15 is 0 Å². The van der Waals surface area contributed by atoms with E-state index in [0.29, 0.717) is 12.2 Å². The first-order chi connectivity index (χ1) is 10.3. The van der Waals surface area contributed by atoms with E-state index in [-0.39, 0.29) is 5.92 Å². The van der Waals surface area contributed by atoms with Crippen LogP contribution in [-0.2, 0) is 11.2 Å². The van der Waals surface area contributed by atoms with Gasteiger partial charge in [-0.2, -0.15) is 0 Å². The molecule has 2 nitrogen and oxygen atoms in total. The highest BCUT2D eigenvalue weighted by molar-refractivity contribution is 7.17. The fraction of sp³-hybridized carbons (Fsp3) is 0.167. The SMILES string of the molecule is O=C(Cc1csc2ccccc12)C1CNc2ccccc21. The molecule has 2 heterocycles. The minimum Gasteiger partial charge on any atom is -0.384 e. The molecule has 0 amide bonds. The normalized spacial score (nSPS) is 16.7. The summed E-state index contributed by atoms with van der Waals surface area (Å²) in [6, 6.07) is 16.4. The van der Waals surface area contributed by atoms with Crippen molar-refractivity contribution in [3.05, 3.63) is 65.0 Å². The molecule has 4 rings (SSSR count). The number of fused-ring (bicyclic) bond motifs is 2. The molecule has 21 heavy (non-hydrogen) atoms. The zero-order valence-electron chi connectivity index (χ0n) is 11.5. The number of hydrogen-bond donors (Lipinski definition) is 1. The summed E-state index contributed by atoms with van der Waals surface area (Å²) in [6.45, 7) is 0.722. The third-order valence-electron chi connectivity index (χ3n) is 4.15. The molecular formula is C18H15NOS. The standard InChI is InChI=1S/C18H15NOS/c20-17(15-10-19-16-7-3-1-6-14(15)16)9-12-11-21-18-8-4-2-5-13(12)18/h1-8,11,15,19H,9-10H2. The molecule has 0 fully saturated rings. The molecule has 1 atom stereocenters. The van der Waals surface area contributed by atoms with Crippen LogP contribution in [0.15, 0.2) is 53.9 Å². The van der Waals surface area contributed by atoms with Crippen LogP contribution in [-0.4, -0.2) is 12.3 Å². The van der Waals surface area contributed by atoms with Gasteiger partial charge in [0.2, 0.25) is 0 Å². The minimum absolute atomic E-state index is 0.0140. The molecule has 0 radical (unpaired) electrons. The van der Waals surface area contributed by atoms with E-state index in [4.69, 9.17) is 0 Å². The fourth-order valence-electron chi connectivity index (χ4n) is 3.05. The van der Waals surface area contributed by atoms with Crippen molar-refractivity contribution in [2.75, 3.05) is 11.9 Å². The van der Waals surface area contributed by atoms with Crippen molar-refractivity contribution < 1.29 is 4.79 Å². The Bertz CT molecular complexity index is 821. The molecule has 0 aliphatic carbocycles. The van der Waals surface area contributed by atoms with Gasteiger partial charge < -0.3 is 5.32 Å².